The molecule has 0 aromatic heterocycles. The third-order valence-corrected chi connectivity index (χ3v) is 7.20. The Hall–Kier alpha value is -4.17. The lowest BCUT2D eigenvalue weighted by Gasteiger charge is -2.13. The molecule has 4 aromatic rings. The number of para-hydroxylation sites is 1. The number of hydrogen-bond acceptors (Lipinski definition) is 5. The largest absolute Gasteiger partial charge is 0.495 e. The summed E-state index contributed by atoms with van der Waals surface area (Å²) in [5.41, 5.74) is 8.69. The first kappa shape index (κ1) is 23.0. The molecule has 0 heterocycles. The number of rotatable bonds is 6. The molecule has 1 unspecified atom stereocenters. The summed E-state index contributed by atoms with van der Waals surface area (Å²) in [5, 5.41) is 2.78. The summed E-state index contributed by atoms with van der Waals surface area (Å²) in [7, 11) is -1.88. The second kappa shape index (κ2) is 9.36. The highest BCUT2D eigenvalue weighted by Crippen LogP contribution is 2.31. The van der Waals surface area contributed by atoms with Gasteiger partial charge in [0.25, 0.3) is 5.91 Å². The van der Waals surface area contributed by atoms with Crippen molar-refractivity contribution in [3.63, 3.8) is 0 Å². The van der Waals surface area contributed by atoms with E-state index in [1.807, 2.05) is 0 Å². The molecule has 1 atom stereocenters. The molecule has 0 saturated carbocycles. The van der Waals surface area contributed by atoms with Crippen LogP contribution in [-0.2, 0) is 9.73 Å². The number of nitrogen functional groups attached to an aromatic ring is 1. The van der Waals surface area contributed by atoms with Crippen LogP contribution in [0.15, 0.2) is 101 Å². The molecular weight excluding hydrogens is 453 g/mol. The van der Waals surface area contributed by atoms with Gasteiger partial charge in [0.1, 0.15) is 21.3 Å². The lowest BCUT2D eigenvalue weighted by atomic mass is 10.0. The molecule has 4 rings (SSSR count). The molecule has 4 N–H and O–H groups in total. The molecule has 1 amide bonds. The molecule has 4 aromatic carbocycles. The van der Waals surface area contributed by atoms with E-state index in [4.69, 9.17) is 15.3 Å². The van der Waals surface area contributed by atoms with Gasteiger partial charge in [0.15, 0.2) is 0 Å². The molecule has 0 aliphatic carbocycles. The zero-order valence-electron chi connectivity index (χ0n) is 18.2. The van der Waals surface area contributed by atoms with Crippen LogP contribution < -0.4 is 15.8 Å². The molecule has 172 valence electrons. The number of nitrogens with two attached hydrogens (primary N) is 1. The summed E-state index contributed by atoms with van der Waals surface area (Å²) in [6.45, 7) is 0. The monoisotopic (exact) mass is 475 g/mol. The number of ether oxygens (including phenoxy) is 1. The fraction of sp³-hybridized carbons (Fsp3) is 0.0385. The number of hydrogen-bond donors (Lipinski definition) is 3. The van der Waals surface area contributed by atoms with Gasteiger partial charge < -0.3 is 15.8 Å². The second-order valence-corrected chi connectivity index (χ2v) is 9.52. The van der Waals surface area contributed by atoms with E-state index < -0.39 is 15.6 Å². The van der Waals surface area contributed by atoms with Crippen LogP contribution in [0.2, 0.25) is 0 Å². The Morgan fingerprint density at radius 3 is 2.26 bits per heavy atom. The number of methoxy groups -OCH3 is 1. The van der Waals surface area contributed by atoms with Gasteiger partial charge in [-0.1, -0.05) is 30.3 Å². The first-order chi connectivity index (χ1) is 16.3. The number of carbonyl (C=O) groups excluding carboxylic acids is 1. The van der Waals surface area contributed by atoms with Crippen LogP contribution in [0.5, 0.6) is 5.75 Å². The Morgan fingerprint density at radius 2 is 1.59 bits per heavy atom. The summed E-state index contributed by atoms with van der Waals surface area (Å²) >= 11 is 0. The Balaban J connectivity index is 1.57. The third-order valence-electron chi connectivity index (χ3n) is 5.31. The van der Waals surface area contributed by atoms with E-state index in [2.05, 4.69) is 5.32 Å². The lowest BCUT2D eigenvalue weighted by Crippen LogP contribution is -2.13. The van der Waals surface area contributed by atoms with Gasteiger partial charge in [-0.05, 0) is 71.8 Å². The van der Waals surface area contributed by atoms with Crippen molar-refractivity contribution in [3.8, 4) is 16.9 Å². The van der Waals surface area contributed by atoms with Crippen LogP contribution in [0.25, 0.3) is 11.1 Å². The fourth-order valence-corrected chi connectivity index (χ4v) is 4.94. The maximum atomic E-state index is 13.2. The highest BCUT2D eigenvalue weighted by molar-refractivity contribution is 7.92. The maximum absolute atomic E-state index is 13.2. The fourth-order valence-electron chi connectivity index (χ4n) is 3.46. The van der Waals surface area contributed by atoms with Gasteiger partial charge in [0.05, 0.1) is 28.3 Å². The zero-order chi connectivity index (χ0) is 24.3. The van der Waals surface area contributed by atoms with Crippen molar-refractivity contribution in [2.75, 3.05) is 18.2 Å². The Morgan fingerprint density at radius 1 is 0.941 bits per heavy atom. The quantitative estimate of drug-likeness (QED) is 0.307. The van der Waals surface area contributed by atoms with Crippen LogP contribution in [0.4, 0.5) is 15.8 Å². The van der Waals surface area contributed by atoms with Crippen molar-refractivity contribution in [2.45, 2.75) is 9.79 Å². The van der Waals surface area contributed by atoms with Gasteiger partial charge in [0.2, 0.25) is 0 Å². The molecule has 0 aliphatic heterocycles. The number of anilines is 2. The van der Waals surface area contributed by atoms with E-state index in [0.717, 1.165) is 11.1 Å². The summed E-state index contributed by atoms with van der Waals surface area (Å²) in [5.74, 6) is -0.386. The maximum Gasteiger partial charge on any atom is 0.255 e. The van der Waals surface area contributed by atoms with E-state index in [1.165, 1.54) is 43.5 Å². The van der Waals surface area contributed by atoms with E-state index in [-0.39, 0.29) is 15.6 Å². The Bertz CT molecular complexity index is 1450. The van der Waals surface area contributed by atoms with E-state index in [0.29, 0.717) is 22.7 Å². The minimum absolute atomic E-state index is 0.256. The Labute approximate surface area is 197 Å². The molecular formula is C26H22FN3O3S. The minimum Gasteiger partial charge on any atom is -0.495 e. The van der Waals surface area contributed by atoms with Crippen molar-refractivity contribution in [2.24, 2.45) is 0 Å². The average Bonchev–Trinajstić information content (AvgIpc) is 2.86. The molecule has 0 bridgehead atoms. The molecule has 0 radical (unpaired) electrons. The van der Waals surface area contributed by atoms with Crippen LogP contribution >= 0.6 is 0 Å². The lowest BCUT2D eigenvalue weighted by molar-refractivity contribution is 0.102. The first-order valence-electron chi connectivity index (χ1n) is 10.3. The summed E-state index contributed by atoms with van der Waals surface area (Å²) in [6.07, 6.45) is 0. The van der Waals surface area contributed by atoms with Crippen molar-refractivity contribution in [3.05, 3.63) is 102 Å². The number of carbonyl (C=O) groups is 1. The standard InChI is InChI=1S/C26H22FN3O3S/c1-33-24-4-2-3-5-25(24)34(29,32)21-13-8-18(9-14-21)26(31)30-23-16-19(10-15-22(23)28)17-6-11-20(27)12-7-17/h2-16,29H,28H2,1H3,(H,30,31). The molecule has 0 saturated heterocycles. The smallest absolute Gasteiger partial charge is 0.255 e. The van der Waals surface area contributed by atoms with Crippen molar-refractivity contribution >= 4 is 27.0 Å². The van der Waals surface area contributed by atoms with Gasteiger partial charge in [-0.25, -0.2) is 13.4 Å². The van der Waals surface area contributed by atoms with Gasteiger partial charge in [-0.3, -0.25) is 4.79 Å². The molecule has 8 heteroatoms. The van der Waals surface area contributed by atoms with Gasteiger partial charge >= 0.3 is 0 Å². The highest BCUT2D eigenvalue weighted by atomic mass is 32.2. The van der Waals surface area contributed by atoms with Gasteiger partial charge in [-0.15, -0.1) is 0 Å². The number of nitrogens with one attached hydrogen (secondary N) is 2. The number of halogens is 1. The number of amides is 1. The number of benzene rings is 4. The van der Waals surface area contributed by atoms with Gasteiger partial charge in [0, 0.05) is 5.56 Å². The topological polar surface area (TPSA) is 105 Å². The molecule has 6 nitrogen and oxygen atoms in total. The third kappa shape index (κ3) is 4.62. The Kier molecular flexibility index (Phi) is 6.34. The zero-order valence-corrected chi connectivity index (χ0v) is 19.1. The summed E-state index contributed by atoms with van der Waals surface area (Å²) < 4.78 is 40.2. The SMILES string of the molecule is COc1ccccc1S(=N)(=O)c1ccc(C(=O)Nc2cc(-c3ccc(F)cc3)ccc2N)cc1. The average molecular weight is 476 g/mol. The van der Waals surface area contributed by atoms with Crippen LogP contribution in [0.1, 0.15) is 10.4 Å². The van der Waals surface area contributed by atoms with E-state index in [1.54, 1.807) is 54.6 Å². The molecule has 0 aliphatic rings. The van der Waals surface area contributed by atoms with E-state index in [9.17, 15) is 13.4 Å². The minimum atomic E-state index is -3.33. The van der Waals surface area contributed by atoms with Crippen molar-refractivity contribution in [1.82, 2.24) is 0 Å². The summed E-state index contributed by atoms with van der Waals surface area (Å²) in [4.78, 5) is 13.4. The van der Waals surface area contributed by atoms with Crippen LogP contribution in [0.3, 0.4) is 0 Å². The van der Waals surface area contributed by atoms with Crippen molar-refractivity contribution in [1.29, 1.82) is 4.78 Å². The predicted octanol–water partition coefficient (Wildman–Crippen LogP) is 5.80. The predicted molar refractivity (Wildman–Crippen MR) is 131 cm³/mol. The van der Waals surface area contributed by atoms with Crippen molar-refractivity contribution < 1.29 is 18.1 Å². The van der Waals surface area contributed by atoms with Gasteiger partial charge in [-0.2, -0.15) is 0 Å². The summed E-state index contributed by atoms with van der Waals surface area (Å²) in [6, 6.07) is 23.9. The first-order valence-corrected chi connectivity index (χ1v) is 11.8. The molecule has 0 spiro atoms. The van der Waals surface area contributed by atoms with Crippen LogP contribution in [-0.4, -0.2) is 17.2 Å². The highest BCUT2D eigenvalue weighted by Gasteiger charge is 2.19. The van der Waals surface area contributed by atoms with Crippen LogP contribution in [0, 0.1) is 10.6 Å². The molecule has 34 heavy (non-hydrogen) atoms. The molecule has 0 fully saturated rings. The second-order valence-electron chi connectivity index (χ2n) is 7.49. The van der Waals surface area contributed by atoms with E-state index >= 15 is 0 Å². The normalized spacial score (nSPS) is 12.5.